The van der Waals surface area contributed by atoms with Crippen LogP contribution in [0.3, 0.4) is 0 Å². The number of aromatic amines is 1. The van der Waals surface area contributed by atoms with Crippen LogP contribution in [0.4, 0.5) is 5.69 Å². The third kappa shape index (κ3) is 3.17. The molecule has 0 radical (unpaired) electrons. The lowest BCUT2D eigenvalue weighted by atomic mass is 10.1. The fourth-order valence-corrected chi connectivity index (χ4v) is 2.58. The zero-order valence-electron chi connectivity index (χ0n) is 12.4. The molecule has 1 heterocycles. The number of ether oxygens (including phenoxy) is 1. The van der Waals surface area contributed by atoms with Gasteiger partial charge in [0, 0.05) is 12.3 Å². The van der Waals surface area contributed by atoms with Crippen LogP contribution in [0.2, 0.25) is 0 Å². The lowest BCUT2D eigenvalue weighted by Crippen LogP contribution is -1.99. The lowest BCUT2D eigenvalue weighted by molar-refractivity contribution is -0.383. The number of rotatable bonds is 6. The van der Waals surface area contributed by atoms with Gasteiger partial charge in [0.2, 0.25) is 0 Å². The minimum atomic E-state index is -0.441. The van der Waals surface area contributed by atoms with Gasteiger partial charge in [-0.25, -0.2) is 0 Å². The summed E-state index contributed by atoms with van der Waals surface area (Å²) in [6.07, 6.45) is 2.21. The highest BCUT2D eigenvalue weighted by Crippen LogP contribution is 2.34. The number of nitrogens with one attached hydrogen (secondary N) is 1. The lowest BCUT2D eigenvalue weighted by Gasteiger charge is -2.04. The van der Waals surface area contributed by atoms with Crippen LogP contribution in [-0.4, -0.2) is 21.6 Å². The number of nitro benzene ring substituents is 1. The number of nitro groups is 1. The standard InChI is InChI=1S/C17H16N2O4/c20-15-7-6-14(19(21)22)16-13(10-18-17(15)16)8-9-23-11-12-4-2-1-3-5-12/h1-7,10,18,20H,8-9,11H2. The van der Waals surface area contributed by atoms with Gasteiger partial charge in [0.1, 0.15) is 5.75 Å². The van der Waals surface area contributed by atoms with Crippen LogP contribution in [0, 0.1) is 10.1 Å². The highest BCUT2D eigenvalue weighted by atomic mass is 16.6. The first-order valence-corrected chi connectivity index (χ1v) is 7.25. The van der Waals surface area contributed by atoms with Gasteiger partial charge >= 0.3 is 0 Å². The third-order valence-electron chi connectivity index (χ3n) is 3.70. The van der Waals surface area contributed by atoms with E-state index in [2.05, 4.69) is 4.98 Å². The minimum Gasteiger partial charge on any atom is -0.506 e. The number of fused-ring (bicyclic) bond motifs is 1. The fourth-order valence-electron chi connectivity index (χ4n) is 2.58. The summed E-state index contributed by atoms with van der Waals surface area (Å²) in [7, 11) is 0. The number of aromatic hydroxyl groups is 1. The van der Waals surface area contributed by atoms with Crippen molar-refractivity contribution in [1.82, 2.24) is 4.98 Å². The molecule has 0 bridgehead atoms. The van der Waals surface area contributed by atoms with Crippen molar-refractivity contribution >= 4 is 16.6 Å². The number of aromatic nitrogens is 1. The van der Waals surface area contributed by atoms with E-state index in [4.69, 9.17) is 4.74 Å². The van der Waals surface area contributed by atoms with Gasteiger partial charge in [-0.15, -0.1) is 0 Å². The van der Waals surface area contributed by atoms with Gasteiger partial charge in [-0.2, -0.15) is 0 Å². The molecule has 0 aliphatic rings. The fraction of sp³-hybridized carbons (Fsp3) is 0.176. The molecule has 3 rings (SSSR count). The summed E-state index contributed by atoms with van der Waals surface area (Å²) in [4.78, 5) is 13.6. The minimum absolute atomic E-state index is 0.00190. The van der Waals surface area contributed by atoms with Gasteiger partial charge in [-0.1, -0.05) is 30.3 Å². The summed E-state index contributed by atoms with van der Waals surface area (Å²) in [5.74, 6) is 0.00190. The van der Waals surface area contributed by atoms with Crippen molar-refractivity contribution in [1.29, 1.82) is 0 Å². The number of H-pyrrole nitrogens is 1. The van der Waals surface area contributed by atoms with Crippen molar-refractivity contribution in [3.05, 3.63) is 69.9 Å². The highest BCUT2D eigenvalue weighted by Gasteiger charge is 2.19. The van der Waals surface area contributed by atoms with Crippen LogP contribution >= 0.6 is 0 Å². The molecule has 0 aliphatic carbocycles. The first-order chi connectivity index (χ1) is 11.2. The largest absolute Gasteiger partial charge is 0.506 e. The van der Waals surface area contributed by atoms with E-state index in [0.717, 1.165) is 11.1 Å². The molecule has 0 aliphatic heterocycles. The van der Waals surface area contributed by atoms with Gasteiger partial charge < -0.3 is 14.8 Å². The Bertz CT molecular complexity index is 827. The molecule has 1 aromatic heterocycles. The Morgan fingerprint density at radius 1 is 1.17 bits per heavy atom. The van der Waals surface area contributed by atoms with Crippen molar-refractivity contribution in [3.8, 4) is 5.75 Å². The summed E-state index contributed by atoms with van der Waals surface area (Å²) < 4.78 is 5.63. The average molecular weight is 312 g/mol. The number of benzene rings is 2. The van der Waals surface area contributed by atoms with Gasteiger partial charge in [0.15, 0.2) is 0 Å². The number of phenolic OH excluding ortho intramolecular Hbond substituents is 1. The Labute approximate surface area is 132 Å². The first kappa shape index (κ1) is 15.1. The molecule has 0 unspecified atom stereocenters. The molecular weight excluding hydrogens is 296 g/mol. The molecular formula is C17H16N2O4. The number of non-ortho nitro benzene ring substituents is 1. The summed E-state index contributed by atoms with van der Waals surface area (Å²) in [5, 5.41) is 21.4. The van der Waals surface area contributed by atoms with E-state index in [1.54, 1.807) is 6.20 Å². The number of hydrogen-bond donors (Lipinski definition) is 2. The molecule has 0 saturated carbocycles. The van der Waals surface area contributed by atoms with Crippen LogP contribution in [0.25, 0.3) is 10.9 Å². The first-order valence-electron chi connectivity index (χ1n) is 7.25. The molecule has 0 spiro atoms. The predicted octanol–water partition coefficient (Wildman–Crippen LogP) is 3.54. The van der Waals surface area contributed by atoms with E-state index in [1.165, 1.54) is 12.1 Å². The van der Waals surface area contributed by atoms with E-state index in [9.17, 15) is 15.2 Å². The smallest absolute Gasteiger partial charge is 0.279 e. The monoisotopic (exact) mass is 312 g/mol. The maximum atomic E-state index is 11.2. The molecule has 0 atom stereocenters. The number of hydrogen-bond acceptors (Lipinski definition) is 4. The summed E-state index contributed by atoms with van der Waals surface area (Å²) in [6, 6.07) is 12.5. The van der Waals surface area contributed by atoms with Crippen molar-refractivity contribution in [2.75, 3.05) is 6.61 Å². The van der Waals surface area contributed by atoms with Crippen molar-refractivity contribution < 1.29 is 14.8 Å². The Hall–Kier alpha value is -2.86. The van der Waals surface area contributed by atoms with Crippen molar-refractivity contribution in [3.63, 3.8) is 0 Å². The normalized spacial score (nSPS) is 11.0. The predicted molar refractivity (Wildman–Crippen MR) is 86.4 cm³/mol. The maximum absolute atomic E-state index is 11.2. The Morgan fingerprint density at radius 3 is 2.70 bits per heavy atom. The molecule has 2 N–H and O–H groups in total. The van der Waals surface area contributed by atoms with Crippen LogP contribution in [0.1, 0.15) is 11.1 Å². The second-order valence-corrected chi connectivity index (χ2v) is 5.21. The Morgan fingerprint density at radius 2 is 1.96 bits per heavy atom. The third-order valence-corrected chi connectivity index (χ3v) is 3.70. The summed E-state index contributed by atoms with van der Waals surface area (Å²) in [5.41, 5.74) is 2.21. The van der Waals surface area contributed by atoms with E-state index in [1.807, 2.05) is 30.3 Å². The van der Waals surface area contributed by atoms with Crippen LogP contribution in [0.5, 0.6) is 5.75 Å². The van der Waals surface area contributed by atoms with Crippen molar-refractivity contribution in [2.45, 2.75) is 13.0 Å². The van der Waals surface area contributed by atoms with Crippen LogP contribution < -0.4 is 0 Å². The average Bonchev–Trinajstić information content (AvgIpc) is 2.97. The molecule has 3 aromatic rings. The molecule has 0 fully saturated rings. The van der Waals surface area contributed by atoms with Gasteiger partial charge in [-0.05, 0) is 23.6 Å². The van der Waals surface area contributed by atoms with Gasteiger partial charge in [0.25, 0.3) is 5.69 Å². The molecule has 118 valence electrons. The number of phenols is 1. The zero-order chi connectivity index (χ0) is 16.2. The molecule has 6 nitrogen and oxygen atoms in total. The van der Waals surface area contributed by atoms with E-state index >= 15 is 0 Å². The molecule has 2 aromatic carbocycles. The number of nitrogens with zero attached hydrogens (tertiary/aromatic N) is 1. The van der Waals surface area contributed by atoms with Gasteiger partial charge in [-0.3, -0.25) is 10.1 Å². The molecule has 23 heavy (non-hydrogen) atoms. The van der Waals surface area contributed by atoms with Crippen LogP contribution in [-0.2, 0) is 17.8 Å². The van der Waals surface area contributed by atoms with Crippen molar-refractivity contribution in [2.24, 2.45) is 0 Å². The highest BCUT2D eigenvalue weighted by molar-refractivity contribution is 5.95. The van der Waals surface area contributed by atoms with E-state index in [-0.39, 0.29) is 11.4 Å². The second kappa shape index (κ2) is 6.50. The van der Waals surface area contributed by atoms with Gasteiger partial charge in [0.05, 0.1) is 29.0 Å². The molecule has 0 saturated heterocycles. The van der Waals surface area contributed by atoms with E-state index < -0.39 is 4.92 Å². The van der Waals surface area contributed by atoms with E-state index in [0.29, 0.717) is 30.5 Å². The SMILES string of the molecule is O=[N+]([O-])c1ccc(O)c2[nH]cc(CCOCc3ccccc3)c12. The maximum Gasteiger partial charge on any atom is 0.279 e. The van der Waals surface area contributed by atoms with Crippen LogP contribution in [0.15, 0.2) is 48.7 Å². The zero-order valence-corrected chi connectivity index (χ0v) is 12.4. The summed E-state index contributed by atoms with van der Waals surface area (Å²) in [6.45, 7) is 0.936. The second-order valence-electron chi connectivity index (χ2n) is 5.21. The Kier molecular flexibility index (Phi) is 4.25. The molecule has 6 heteroatoms. The Balaban J connectivity index is 1.73. The molecule has 0 amide bonds. The topological polar surface area (TPSA) is 88.4 Å². The summed E-state index contributed by atoms with van der Waals surface area (Å²) >= 11 is 0. The quantitative estimate of drug-likeness (QED) is 0.414.